The molecule has 1 rings (SSSR count). The molecule has 4 nitrogen and oxygen atoms in total. The third-order valence-electron chi connectivity index (χ3n) is 2.45. The second-order valence-electron chi connectivity index (χ2n) is 3.78. The molecule has 0 spiro atoms. The zero-order chi connectivity index (χ0) is 10.1. The Bertz CT molecular complexity index is 233. The molecule has 0 aromatic heterocycles. The van der Waals surface area contributed by atoms with Crippen LogP contribution < -0.4 is 5.32 Å². The maximum absolute atomic E-state index is 11.4. The van der Waals surface area contributed by atoms with Crippen LogP contribution in [0.4, 0.5) is 0 Å². The van der Waals surface area contributed by atoms with Gasteiger partial charge in [-0.2, -0.15) is 0 Å². The molecule has 1 N–H and O–H groups in total. The van der Waals surface area contributed by atoms with Gasteiger partial charge in [-0.3, -0.25) is 4.79 Å². The Balaban J connectivity index is 2.40. The van der Waals surface area contributed by atoms with E-state index in [9.17, 15) is 9.59 Å². The van der Waals surface area contributed by atoms with E-state index in [1.165, 1.54) is 7.11 Å². The number of methoxy groups -OCH3 is 1. The predicted molar refractivity (Wildman–Crippen MR) is 47.0 cm³/mol. The van der Waals surface area contributed by atoms with Gasteiger partial charge in [-0.1, -0.05) is 6.92 Å². The quantitative estimate of drug-likeness (QED) is 0.650. The van der Waals surface area contributed by atoms with Crippen LogP contribution in [0.25, 0.3) is 0 Å². The van der Waals surface area contributed by atoms with Gasteiger partial charge in [-0.05, 0) is 19.8 Å². The summed E-state index contributed by atoms with van der Waals surface area (Å²) in [5, 5.41) is 2.62. The van der Waals surface area contributed by atoms with Crippen LogP contribution in [0.2, 0.25) is 0 Å². The summed E-state index contributed by atoms with van der Waals surface area (Å²) in [6.45, 7) is 3.52. The number of hydrogen-bond acceptors (Lipinski definition) is 3. The highest BCUT2D eigenvalue weighted by molar-refractivity contribution is 5.89. The Morgan fingerprint density at radius 1 is 1.46 bits per heavy atom. The lowest BCUT2D eigenvalue weighted by molar-refractivity contribution is -0.145. The average Bonchev–Trinajstić information content (AvgIpc) is 2.83. The van der Waals surface area contributed by atoms with Crippen molar-refractivity contribution in [3.8, 4) is 0 Å². The smallest absolute Gasteiger partial charge is 0.328 e. The molecule has 0 aromatic carbocycles. The fourth-order valence-electron chi connectivity index (χ4n) is 1.02. The van der Waals surface area contributed by atoms with Gasteiger partial charge in [0.15, 0.2) is 0 Å². The highest BCUT2D eigenvalue weighted by Crippen LogP contribution is 2.45. The van der Waals surface area contributed by atoms with Gasteiger partial charge >= 0.3 is 5.97 Å². The Hall–Kier alpha value is -1.06. The molecule has 0 aromatic rings. The lowest BCUT2D eigenvalue weighted by Crippen LogP contribution is -2.42. The Morgan fingerprint density at radius 2 is 2.00 bits per heavy atom. The van der Waals surface area contributed by atoms with Crippen LogP contribution in [0.1, 0.15) is 26.7 Å². The van der Waals surface area contributed by atoms with Crippen molar-refractivity contribution in [2.45, 2.75) is 32.7 Å². The van der Waals surface area contributed by atoms with Crippen LogP contribution in [0.15, 0.2) is 0 Å². The van der Waals surface area contributed by atoms with Crippen LogP contribution in [0.5, 0.6) is 0 Å². The first-order valence-electron chi connectivity index (χ1n) is 4.38. The first kappa shape index (κ1) is 10.0. The summed E-state index contributed by atoms with van der Waals surface area (Å²) < 4.78 is 4.49. The zero-order valence-electron chi connectivity index (χ0n) is 8.22. The molecule has 1 saturated carbocycles. The summed E-state index contributed by atoms with van der Waals surface area (Å²) in [4.78, 5) is 22.4. The van der Waals surface area contributed by atoms with E-state index in [-0.39, 0.29) is 11.3 Å². The first-order valence-corrected chi connectivity index (χ1v) is 4.38. The monoisotopic (exact) mass is 185 g/mol. The second-order valence-corrected chi connectivity index (χ2v) is 3.78. The SMILES string of the molecule is COC(=O)[C@@H](C)NC(=O)C1(C)CC1. The van der Waals surface area contributed by atoms with E-state index in [0.29, 0.717) is 0 Å². The van der Waals surface area contributed by atoms with Crippen LogP contribution in [-0.4, -0.2) is 25.0 Å². The molecule has 1 aliphatic rings. The van der Waals surface area contributed by atoms with E-state index >= 15 is 0 Å². The molecule has 0 bridgehead atoms. The number of esters is 1. The first-order chi connectivity index (χ1) is 5.99. The fourth-order valence-corrected chi connectivity index (χ4v) is 1.02. The normalized spacial score (nSPS) is 20.2. The number of hydrogen-bond donors (Lipinski definition) is 1. The fraction of sp³-hybridized carbons (Fsp3) is 0.778. The molecule has 0 aliphatic heterocycles. The van der Waals surface area contributed by atoms with E-state index in [1.54, 1.807) is 6.92 Å². The molecule has 0 radical (unpaired) electrons. The molecule has 1 amide bonds. The highest BCUT2D eigenvalue weighted by atomic mass is 16.5. The molecule has 0 heterocycles. The number of amides is 1. The van der Waals surface area contributed by atoms with E-state index in [4.69, 9.17) is 0 Å². The van der Waals surface area contributed by atoms with E-state index in [0.717, 1.165) is 12.8 Å². The number of carbonyl (C=O) groups excluding carboxylic acids is 2. The summed E-state index contributed by atoms with van der Waals surface area (Å²) in [5.41, 5.74) is -0.234. The summed E-state index contributed by atoms with van der Waals surface area (Å²) in [6, 6.07) is -0.546. The van der Waals surface area contributed by atoms with Gasteiger partial charge in [-0.15, -0.1) is 0 Å². The van der Waals surface area contributed by atoms with Crippen molar-refractivity contribution in [2.24, 2.45) is 5.41 Å². The standard InChI is InChI=1S/C9H15NO3/c1-6(7(11)13-3)10-8(12)9(2)4-5-9/h6H,4-5H2,1-3H3,(H,10,12)/t6-/m1/s1. The second kappa shape index (κ2) is 3.36. The van der Waals surface area contributed by atoms with Crippen molar-refractivity contribution >= 4 is 11.9 Å². The van der Waals surface area contributed by atoms with Gasteiger partial charge in [0.25, 0.3) is 0 Å². The molecular weight excluding hydrogens is 170 g/mol. The lowest BCUT2D eigenvalue weighted by atomic mass is 10.1. The van der Waals surface area contributed by atoms with Gasteiger partial charge < -0.3 is 10.1 Å². The molecular formula is C9H15NO3. The molecule has 1 atom stereocenters. The van der Waals surface area contributed by atoms with Gasteiger partial charge in [0, 0.05) is 5.41 Å². The van der Waals surface area contributed by atoms with Gasteiger partial charge in [-0.25, -0.2) is 4.79 Å². The van der Waals surface area contributed by atoms with Crippen LogP contribution in [-0.2, 0) is 14.3 Å². The topological polar surface area (TPSA) is 55.4 Å². The summed E-state index contributed by atoms with van der Waals surface area (Å²) in [5.74, 6) is -0.456. The van der Waals surface area contributed by atoms with Crippen LogP contribution >= 0.6 is 0 Å². The van der Waals surface area contributed by atoms with Crippen LogP contribution in [0.3, 0.4) is 0 Å². The van der Waals surface area contributed by atoms with Crippen molar-refractivity contribution in [1.29, 1.82) is 0 Å². The molecule has 74 valence electrons. The highest BCUT2D eigenvalue weighted by Gasteiger charge is 2.45. The minimum atomic E-state index is -0.546. The van der Waals surface area contributed by atoms with E-state index < -0.39 is 12.0 Å². The molecule has 1 fully saturated rings. The minimum Gasteiger partial charge on any atom is -0.467 e. The van der Waals surface area contributed by atoms with Crippen molar-refractivity contribution in [2.75, 3.05) is 7.11 Å². The Labute approximate surface area is 77.6 Å². The Morgan fingerprint density at radius 3 is 2.38 bits per heavy atom. The predicted octanol–water partition coefficient (Wildman–Crippen LogP) is 0.464. The molecule has 1 aliphatic carbocycles. The Kier molecular flexibility index (Phi) is 2.59. The number of rotatable bonds is 3. The number of ether oxygens (including phenoxy) is 1. The maximum atomic E-state index is 11.4. The average molecular weight is 185 g/mol. The molecule has 0 saturated heterocycles. The van der Waals surface area contributed by atoms with Gasteiger partial charge in [0.1, 0.15) is 6.04 Å². The summed E-state index contributed by atoms with van der Waals surface area (Å²) >= 11 is 0. The number of nitrogens with one attached hydrogen (secondary N) is 1. The van der Waals surface area contributed by atoms with Crippen molar-refractivity contribution in [3.05, 3.63) is 0 Å². The lowest BCUT2D eigenvalue weighted by Gasteiger charge is -2.14. The van der Waals surface area contributed by atoms with Crippen LogP contribution in [0, 0.1) is 5.41 Å². The molecule has 13 heavy (non-hydrogen) atoms. The zero-order valence-corrected chi connectivity index (χ0v) is 8.22. The number of carbonyl (C=O) groups is 2. The summed E-state index contributed by atoms with van der Waals surface area (Å²) in [6.07, 6.45) is 1.82. The van der Waals surface area contributed by atoms with Gasteiger partial charge in [0.2, 0.25) is 5.91 Å². The largest absolute Gasteiger partial charge is 0.467 e. The van der Waals surface area contributed by atoms with E-state index in [2.05, 4.69) is 10.1 Å². The van der Waals surface area contributed by atoms with Crippen molar-refractivity contribution < 1.29 is 14.3 Å². The summed E-state index contributed by atoms with van der Waals surface area (Å²) in [7, 11) is 1.31. The van der Waals surface area contributed by atoms with Crippen molar-refractivity contribution in [3.63, 3.8) is 0 Å². The third-order valence-corrected chi connectivity index (χ3v) is 2.45. The van der Waals surface area contributed by atoms with Gasteiger partial charge in [0.05, 0.1) is 7.11 Å². The maximum Gasteiger partial charge on any atom is 0.328 e. The molecule has 0 unspecified atom stereocenters. The van der Waals surface area contributed by atoms with E-state index in [1.807, 2.05) is 6.92 Å². The van der Waals surface area contributed by atoms with Crippen molar-refractivity contribution in [1.82, 2.24) is 5.32 Å². The third kappa shape index (κ3) is 2.20. The minimum absolute atomic E-state index is 0.0506. The molecule has 4 heteroatoms.